The second-order valence-electron chi connectivity index (χ2n) is 6.69. The van der Waals surface area contributed by atoms with Crippen LogP contribution in [-0.2, 0) is 11.2 Å². The van der Waals surface area contributed by atoms with Crippen molar-refractivity contribution in [2.45, 2.75) is 44.3 Å². The largest absolute Gasteiger partial charge is 0.490 e. The Labute approximate surface area is 168 Å². The highest BCUT2D eigenvalue weighted by molar-refractivity contribution is 7.98. The molecular formula is C20H25N3O4S. The fraction of sp³-hybridized carbons (Fsp3) is 0.450. The Kier molecular flexibility index (Phi) is 6.61. The van der Waals surface area contributed by atoms with E-state index in [4.69, 9.17) is 9.47 Å². The lowest BCUT2D eigenvalue weighted by Gasteiger charge is -2.16. The smallest absolute Gasteiger partial charge is 0.254 e. The Hall–Kier alpha value is -2.48. The number of carbonyl (C=O) groups is 1. The highest BCUT2D eigenvalue weighted by atomic mass is 32.2. The van der Waals surface area contributed by atoms with Crippen LogP contribution in [0.5, 0.6) is 11.5 Å². The topological polar surface area (TPSA) is 93.3 Å². The Morgan fingerprint density at radius 3 is 2.79 bits per heavy atom. The van der Waals surface area contributed by atoms with E-state index < -0.39 is 0 Å². The lowest BCUT2D eigenvalue weighted by atomic mass is 10.1. The molecule has 2 aromatic rings. The highest BCUT2D eigenvalue weighted by Crippen LogP contribution is 2.32. The van der Waals surface area contributed by atoms with Crippen molar-refractivity contribution in [3.63, 3.8) is 0 Å². The lowest BCUT2D eigenvalue weighted by Crippen LogP contribution is -2.28. The van der Waals surface area contributed by atoms with Crippen LogP contribution in [-0.4, -0.2) is 35.3 Å². The fourth-order valence-corrected chi connectivity index (χ4v) is 3.48. The molecule has 1 atom stereocenters. The van der Waals surface area contributed by atoms with Crippen LogP contribution in [0.4, 0.5) is 0 Å². The van der Waals surface area contributed by atoms with E-state index in [0.717, 1.165) is 17.7 Å². The van der Waals surface area contributed by atoms with Gasteiger partial charge in [0.15, 0.2) is 16.7 Å². The normalized spacial score (nSPS) is 14.2. The molecule has 1 aromatic carbocycles. The number of benzene rings is 1. The molecule has 7 nitrogen and oxygen atoms in total. The minimum Gasteiger partial charge on any atom is -0.490 e. The number of fused-ring (bicyclic) bond motifs is 1. The van der Waals surface area contributed by atoms with Gasteiger partial charge >= 0.3 is 0 Å². The third kappa shape index (κ3) is 4.86. The number of hydrogen-bond donors (Lipinski definition) is 2. The molecule has 2 heterocycles. The molecule has 1 amide bonds. The summed E-state index contributed by atoms with van der Waals surface area (Å²) in [6, 6.07) is 5.53. The van der Waals surface area contributed by atoms with Gasteiger partial charge in [-0.15, -0.1) is 0 Å². The summed E-state index contributed by atoms with van der Waals surface area (Å²) in [5.41, 5.74) is 1.98. The minimum absolute atomic E-state index is 0.118. The highest BCUT2D eigenvalue weighted by Gasteiger charge is 2.16. The maximum atomic E-state index is 12.4. The first-order chi connectivity index (χ1) is 13.5. The van der Waals surface area contributed by atoms with Crippen molar-refractivity contribution in [3.05, 3.63) is 45.4 Å². The van der Waals surface area contributed by atoms with Gasteiger partial charge in [-0.3, -0.25) is 9.59 Å². The van der Waals surface area contributed by atoms with Gasteiger partial charge in [-0.2, -0.15) is 0 Å². The van der Waals surface area contributed by atoms with Gasteiger partial charge in [0.05, 0.1) is 19.3 Å². The van der Waals surface area contributed by atoms with Gasteiger partial charge in [-0.25, -0.2) is 4.98 Å². The van der Waals surface area contributed by atoms with Gasteiger partial charge < -0.3 is 19.8 Å². The molecular weight excluding hydrogens is 378 g/mol. The second kappa shape index (κ2) is 9.14. The van der Waals surface area contributed by atoms with Crippen LogP contribution < -0.4 is 20.3 Å². The first kappa shape index (κ1) is 20.3. The third-order valence-corrected chi connectivity index (χ3v) is 5.23. The predicted octanol–water partition coefficient (Wildman–Crippen LogP) is 2.77. The van der Waals surface area contributed by atoms with E-state index in [1.165, 1.54) is 11.8 Å². The van der Waals surface area contributed by atoms with Crippen molar-refractivity contribution in [2.24, 2.45) is 0 Å². The van der Waals surface area contributed by atoms with Crippen molar-refractivity contribution in [2.75, 3.05) is 19.5 Å². The van der Waals surface area contributed by atoms with Crippen LogP contribution in [0, 0.1) is 6.92 Å². The molecule has 8 heteroatoms. The first-order valence-corrected chi connectivity index (χ1v) is 10.5. The van der Waals surface area contributed by atoms with Gasteiger partial charge in [0.1, 0.15) is 0 Å². The lowest BCUT2D eigenvalue weighted by molar-refractivity contribution is -0.121. The number of nitrogens with one attached hydrogen (secondary N) is 2. The quantitative estimate of drug-likeness (QED) is 0.569. The van der Waals surface area contributed by atoms with Crippen molar-refractivity contribution >= 4 is 17.7 Å². The monoisotopic (exact) mass is 403 g/mol. The molecule has 28 heavy (non-hydrogen) atoms. The van der Waals surface area contributed by atoms with Crippen molar-refractivity contribution in [1.82, 2.24) is 15.3 Å². The van der Waals surface area contributed by atoms with E-state index in [9.17, 15) is 9.59 Å². The van der Waals surface area contributed by atoms with E-state index in [1.807, 2.05) is 31.4 Å². The number of hydrogen-bond acceptors (Lipinski definition) is 6. The zero-order chi connectivity index (χ0) is 20.1. The van der Waals surface area contributed by atoms with E-state index in [1.54, 1.807) is 6.92 Å². The molecule has 1 aliphatic heterocycles. The van der Waals surface area contributed by atoms with Gasteiger partial charge in [0.2, 0.25) is 5.91 Å². The van der Waals surface area contributed by atoms with Gasteiger partial charge in [-0.05, 0) is 44.2 Å². The summed E-state index contributed by atoms with van der Waals surface area (Å²) in [5, 5.41) is 3.56. The number of amides is 1. The number of aromatic nitrogens is 2. The van der Waals surface area contributed by atoms with Gasteiger partial charge in [-0.1, -0.05) is 17.8 Å². The van der Waals surface area contributed by atoms with Crippen LogP contribution >= 0.6 is 11.8 Å². The maximum Gasteiger partial charge on any atom is 0.254 e. The average Bonchev–Trinajstić information content (AvgIpc) is 2.91. The molecule has 0 saturated heterocycles. The average molecular weight is 404 g/mol. The molecule has 1 aliphatic rings. The molecule has 1 unspecified atom stereocenters. The Balaban J connectivity index is 1.61. The predicted molar refractivity (Wildman–Crippen MR) is 108 cm³/mol. The van der Waals surface area contributed by atoms with Crippen LogP contribution in [0.2, 0.25) is 0 Å². The van der Waals surface area contributed by atoms with Crippen LogP contribution in [0.15, 0.2) is 28.2 Å². The minimum atomic E-state index is -0.180. The zero-order valence-corrected chi connectivity index (χ0v) is 17.1. The molecule has 150 valence electrons. The maximum absolute atomic E-state index is 12.4. The Morgan fingerprint density at radius 2 is 2.07 bits per heavy atom. The van der Waals surface area contributed by atoms with Crippen LogP contribution in [0.3, 0.4) is 0 Å². The van der Waals surface area contributed by atoms with E-state index in [-0.39, 0.29) is 23.9 Å². The summed E-state index contributed by atoms with van der Waals surface area (Å²) in [5.74, 6) is 1.32. The molecule has 0 aliphatic carbocycles. The summed E-state index contributed by atoms with van der Waals surface area (Å²) >= 11 is 1.38. The Bertz CT molecular complexity index is 913. The standard InChI is InChI=1S/C20H25N3O4S/c1-12(14-5-7-16-17(11-14)27-10-4-9-26-16)21-18(24)8-6-15-13(2)22-20(28-3)23-19(15)25/h5,7,11-12H,4,6,8-10H2,1-3H3,(H,21,24)(H,22,23,25). The fourth-order valence-electron chi connectivity index (χ4n) is 3.06. The van der Waals surface area contributed by atoms with Gasteiger partial charge in [0.25, 0.3) is 5.56 Å². The third-order valence-electron chi connectivity index (χ3n) is 4.65. The number of nitrogens with zero attached hydrogens (tertiary/aromatic N) is 1. The number of thioether (sulfide) groups is 1. The molecule has 0 spiro atoms. The number of aromatic amines is 1. The summed E-state index contributed by atoms with van der Waals surface area (Å²) in [6.45, 7) is 4.98. The number of ether oxygens (including phenoxy) is 2. The summed E-state index contributed by atoms with van der Waals surface area (Å²) in [6.07, 6.45) is 3.27. The van der Waals surface area contributed by atoms with E-state index in [2.05, 4.69) is 15.3 Å². The van der Waals surface area contributed by atoms with Crippen molar-refractivity contribution < 1.29 is 14.3 Å². The first-order valence-electron chi connectivity index (χ1n) is 9.30. The van der Waals surface area contributed by atoms with Crippen molar-refractivity contribution in [1.29, 1.82) is 0 Å². The number of rotatable bonds is 6. The molecule has 3 rings (SSSR count). The Morgan fingerprint density at radius 1 is 1.32 bits per heavy atom. The van der Waals surface area contributed by atoms with Crippen LogP contribution in [0.25, 0.3) is 0 Å². The molecule has 0 saturated carbocycles. The van der Waals surface area contributed by atoms with E-state index in [0.29, 0.717) is 41.8 Å². The van der Waals surface area contributed by atoms with Crippen molar-refractivity contribution in [3.8, 4) is 11.5 Å². The molecule has 1 aromatic heterocycles. The second-order valence-corrected chi connectivity index (χ2v) is 7.48. The number of carbonyl (C=O) groups excluding carboxylic acids is 1. The molecule has 0 bridgehead atoms. The van der Waals surface area contributed by atoms with Gasteiger partial charge in [0, 0.05) is 24.1 Å². The van der Waals surface area contributed by atoms with Crippen LogP contribution in [0.1, 0.15) is 42.6 Å². The van der Waals surface area contributed by atoms with E-state index >= 15 is 0 Å². The number of aryl methyl sites for hydroxylation is 1. The molecule has 2 N–H and O–H groups in total. The molecule has 0 radical (unpaired) electrons. The summed E-state index contributed by atoms with van der Waals surface area (Å²) < 4.78 is 11.3. The summed E-state index contributed by atoms with van der Waals surface area (Å²) in [4.78, 5) is 31.6. The number of H-pyrrole nitrogens is 1. The SMILES string of the molecule is CSc1nc(C)c(CCC(=O)NC(C)c2ccc3c(c2)OCCCO3)c(=O)[nH]1. The summed E-state index contributed by atoms with van der Waals surface area (Å²) in [7, 11) is 0. The molecule has 0 fully saturated rings. The zero-order valence-electron chi connectivity index (χ0n) is 16.3.